The number of halogens is 1. The van der Waals surface area contributed by atoms with E-state index in [1.165, 1.54) is 19.4 Å². The molecule has 0 N–H and O–H groups in total. The van der Waals surface area contributed by atoms with Crippen molar-refractivity contribution < 1.29 is 4.39 Å². The zero-order chi connectivity index (χ0) is 10.8. The summed E-state index contributed by atoms with van der Waals surface area (Å²) < 4.78 is 13.6. The van der Waals surface area contributed by atoms with Gasteiger partial charge in [-0.15, -0.1) is 0 Å². The number of alkyl halides is 1. The van der Waals surface area contributed by atoms with E-state index in [2.05, 4.69) is 16.8 Å². The second-order valence-electron chi connectivity index (χ2n) is 5.34. The number of nitrogens with zero attached hydrogens (tertiary/aromatic N) is 2. The van der Waals surface area contributed by atoms with Gasteiger partial charge in [0.1, 0.15) is 6.17 Å². The third kappa shape index (κ3) is 2.70. The molecule has 0 aromatic carbocycles. The summed E-state index contributed by atoms with van der Waals surface area (Å²) in [4.78, 5) is 4.75. The fourth-order valence-electron chi connectivity index (χ4n) is 2.81. The predicted molar refractivity (Wildman–Crippen MR) is 60.8 cm³/mol. The highest BCUT2D eigenvalue weighted by Crippen LogP contribution is 2.24. The van der Waals surface area contributed by atoms with Crippen molar-refractivity contribution in [2.24, 2.45) is 5.92 Å². The van der Waals surface area contributed by atoms with Crippen LogP contribution in [0.3, 0.4) is 0 Å². The van der Waals surface area contributed by atoms with Gasteiger partial charge in [0.25, 0.3) is 0 Å². The zero-order valence-corrected chi connectivity index (χ0v) is 9.95. The number of likely N-dealkylation sites (tertiary alicyclic amines) is 2. The molecule has 88 valence electrons. The summed E-state index contributed by atoms with van der Waals surface area (Å²) in [6.07, 6.45) is 2.95. The van der Waals surface area contributed by atoms with Gasteiger partial charge in [0.15, 0.2) is 0 Å². The molecule has 2 saturated heterocycles. The van der Waals surface area contributed by atoms with Crippen molar-refractivity contribution in [2.75, 3.05) is 33.2 Å². The van der Waals surface area contributed by atoms with Crippen LogP contribution in [0.1, 0.15) is 26.2 Å². The Morgan fingerprint density at radius 2 is 1.93 bits per heavy atom. The molecular weight excluding hydrogens is 191 g/mol. The third-order valence-electron chi connectivity index (χ3n) is 4.01. The van der Waals surface area contributed by atoms with E-state index in [0.717, 1.165) is 19.5 Å². The number of likely N-dealkylation sites (N-methyl/N-ethyl adjacent to an activating group) is 1. The molecule has 3 heteroatoms. The Morgan fingerprint density at radius 3 is 2.60 bits per heavy atom. The van der Waals surface area contributed by atoms with Gasteiger partial charge in [0, 0.05) is 19.1 Å². The Bertz CT molecular complexity index is 210. The van der Waals surface area contributed by atoms with E-state index < -0.39 is 6.17 Å². The molecule has 0 radical (unpaired) electrons. The fraction of sp³-hybridized carbons (Fsp3) is 1.00. The molecule has 2 aliphatic rings. The van der Waals surface area contributed by atoms with E-state index >= 15 is 0 Å². The van der Waals surface area contributed by atoms with Gasteiger partial charge in [-0.05, 0) is 45.3 Å². The minimum Gasteiger partial charge on any atom is -0.305 e. The monoisotopic (exact) mass is 214 g/mol. The average Bonchev–Trinajstić information content (AvgIpc) is 2.22. The summed E-state index contributed by atoms with van der Waals surface area (Å²) in [5.74, 6) is 0.266. The first-order chi connectivity index (χ1) is 7.16. The second kappa shape index (κ2) is 4.79. The van der Waals surface area contributed by atoms with E-state index in [-0.39, 0.29) is 5.92 Å². The minimum absolute atomic E-state index is 0.266. The molecule has 15 heavy (non-hydrogen) atoms. The van der Waals surface area contributed by atoms with Crippen LogP contribution in [0.4, 0.5) is 4.39 Å². The zero-order valence-electron chi connectivity index (χ0n) is 9.95. The molecule has 2 heterocycles. The number of piperidine rings is 2. The lowest BCUT2D eigenvalue weighted by Crippen LogP contribution is -2.52. The molecule has 1 unspecified atom stereocenters. The van der Waals surface area contributed by atoms with Gasteiger partial charge >= 0.3 is 0 Å². The van der Waals surface area contributed by atoms with Crippen molar-refractivity contribution >= 4 is 0 Å². The SMILES string of the molecule is C[C@H]1CCN(C2CCCN(C)C2)C[C@H]1F. The molecular formula is C12H23FN2. The van der Waals surface area contributed by atoms with Crippen LogP contribution in [-0.4, -0.2) is 55.2 Å². The second-order valence-corrected chi connectivity index (χ2v) is 5.34. The molecule has 0 aliphatic carbocycles. The van der Waals surface area contributed by atoms with Crippen LogP contribution in [0.5, 0.6) is 0 Å². The van der Waals surface area contributed by atoms with Crippen LogP contribution in [0.25, 0.3) is 0 Å². The highest BCUT2D eigenvalue weighted by molar-refractivity contribution is 4.85. The lowest BCUT2D eigenvalue weighted by Gasteiger charge is -2.42. The van der Waals surface area contributed by atoms with Crippen LogP contribution < -0.4 is 0 Å². The number of rotatable bonds is 1. The highest BCUT2D eigenvalue weighted by atomic mass is 19.1. The van der Waals surface area contributed by atoms with Crippen molar-refractivity contribution in [3.63, 3.8) is 0 Å². The van der Waals surface area contributed by atoms with Crippen LogP contribution in [-0.2, 0) is 0 Å². The smallest absolute Gasteiger partial charge is 0.115 e. The third-order valence-corrected chi connectivity index (χ3v) is 4.01. The van der Waals surface area contributed by atoms with E-state index in [1.54, 1.807) is 0 Å². The standard InChI is InChI=1S/C12H23FN2/c1-10-5-7-15(9-12(10)13)11-4-3-6-14(2)8-11/h10-12H,3-9H2,1-2H3/t10-,11?,12+/m0/s1. The molecule has 0 saturated carbocycles. The van der Waals surface area contributed by atoms with E-state index in [0.29, 0.717) is 12.6 Å². The van der Waals surface area contributed by atoms with Gasteiger partial charge in [0.2, 0.25) is 0 Å². The summed E-state index contributed by atoms with van der Waals surface area (Å²) in [5, 5.41) is 0. The maximum atomic E-state index is 13.6. The normalized spacial score (nSPS) is 40.6. The van der Waals surface area contributed by atoms with Crippen molar-refractivity contribution in [1.82, 2.24) is 9.80 Å². The number of hydrogen-bond donors (Lipinski definition) is 0. The Hall–Kier alpha value is -0.150. The van der Waals surface area contributed by atoms with Crippen molar-refractivity contribution in [1.29, 1.82) is 0 Å². The first-order valence-corrected chi connectivity index (χ1v) is 6.23. The highest BCUT2D eigenvalue weighted by Gasteiger charge is 2.31. The summed E-state index contributed by atoms with van der Waals surface area (Å²) in [6, 6.07) is 0.606. The van der Waals surface area contributed by atoms with E-state index in [4.69, 9.17) is 0 Å². The quantitative estimate of drug-likeness (QED) is 0.656. The summed E-state index contributed by atoms with van der Waals surface area (Å²) in [6.45, 7) is 6.13. The molecule has 0 amide bonds. The molecule has 0 aromatic heterocycles. The molecule has 0 spiro atoms. The van der Waals surface area contributed by atoms with Crippen molar-refractivity contribution in [3.8, 4) is 0 Å². The lowest BCUT2D eigenvalue weighted by molar-refractivity contribution is 0.0352. The molecule has 0 bridgehead atoms. The van der Waals surface area contributed by atoms with Gasteiger partial charge in [-0.25, -0.2) is 4.39 Å². The first kappa shape index (κ1) is 11.3. The Morgan fingerprint density at radius 1 is 1.13 bits per heavy atom. The Labute approximate surface area is 92.4 Å². The molecule has 2 rings (SSSR count). The predicted octanol–water partition coefficient (Wildman–Crippen LogP) is 1.76. The van der Waals surface area contributed by atoms with E-state index in [9.17, 15) is 4.39 Å². The summed E-state index contributed by atoms with van der Waals surface area (Å²) in [5.41, 5.74) is 0. The largest absolute Gasteiger partial charge is 0.305 e. The molecule has 2 fully saturated rings. The van der Waals surface area contributed by atoms with Crippen molar-refractivity contribution in [3.05, 3.63) is 0 Å². The van der Waals surface area contributed by atoms with Gasteiger partial charge in [0.05, 0.1) is 0 Å². The molecule has 3 atom stereocenters. The van der Waals surface area contributed by atoms with Gasteiger partial charge in [-0.3, -0.25) is 4.90 Å². The fourth-order valence-corrected chi connectivity index (χ4v) is 2.81. The van der Waals surface area contributed by atoms with Crippen molar-refractivity contribution in [2.45, 2.75) is 38.4 Å². The van der Waals surface area contributed by atoms with E-state index in [1.807, 2.05) is 6.92 Å². The lowest BCUT2D eigenvalue weighted by atomic mass is 9.94. The Kier molecular flexibility index (Phi) is 3.62. The maximum Gasteiger partial charge on any atom is 0.115 e. The van der Waals surface area contributed by atoms with Crippen LogP contribution in [0.15, 0.2) is 0 Å². The maximum absolute atomic E-state index is 13.6. The summed E-state index contributed by atoms with van der Waals surface area (Å²) in [7, 11) is 2.17. The van der Waals surface area contributed by atoms with Gasteiger partial charge < -0.3 is 4.90 Å². The van der Waals surface area contributed by atoms with Gasteiger partial charge in [-0.2, -0.15) is 0 Å². The summed E-state index contributed by atoms with van der Waals surface area (Å²) >= 11 is 0. The Balaban J connectivity index is 1.87. The van der Waals surface area contributed by atoms with Crippen LogP contribution in [0, 0.1) is 5.92 Å². The molecule has 0 aromatic rings. The van der Waals surface area contributed by atoms with Gasteiger partial charge in [-0.1, -0.05) is 6.92 Å². The average molecular weight is 214 g/mol. The number of hydrogen-bond acceptors (Lipinski definition) is 2. The minimum atomic E-state index is -0.606. The topological polar surface area (TPSA) is 6.48 Å². The molecule has 2 nitrogen and oxygen atoms in total. The molecule has 2 aliphatic heterocycles. The van der Waals surface area contributed by atoms with Crippen LogP contribution >= 0.6 is 0 Å². The van der Waals surface area contributed by atoms with Crippen LogP contribution in [0.2, 0.25) is 0 Å². The first-order valence-electron chi connectivity index (χ1n) is 6.23.